The molecule has 1 aromatic rings. The zero-order chi connectivity index (χ0) is 20.9. The van der Waals surface area contributed by atoms with Gasteiger partial charge in [-0.2, -0.15) is 4.31 Å². The molecule has 1 heterocycles. The standard InChI is InChI=1S/C21H28N2O5S/c1-16(18-7-8-18)22-20(24)15-28-21(25)19-9-12-23(13-10-19)29(26,27)14-11-17-5-3-2-4-6-17/h2-6,11,14,16,18-19H,7-10,12-13,15H2,1H3,(H,22,24)/b14-11+/t16-/m1/s1. The second-order valence-electron chi connectivity index (χ2n) is 7.73. The molecule has 2 aliphatic rings. The van der Waals surface area contributed by atoms with Gasteiger partial charge in [-0.3, -0.25) is 9.59 Å². The molecule has 1 aromatic carbocycles. The lowest BCUT2D eigenvalue weighted by Crippen LogP contribution is -2.41. The summed E-state index contributed by atoms with van der Waals surface area (Å²) in [5.74, 6) is -0.565. The average molecular weight is 421 g/mol. The molecule has 1 aliphatic carbocycles. The highest BCUT2D eigenvalue weighted by molar-refractivity contribution is 7.92. The number of benzene rings is 1. The minimum absolute atomic E-state index is 0.110. The molecule has 8 heteroatoms. The zero-order valence-electron chi connectivity index (χ0n) is 16.6. The summed E-state index contributed by atoms with van der Waals surface area (Å²) in [4.78, 5) is 24.1. The molecule has 1 N–H and O–H groups in total. The first kappa shape index (κ1) is 21.5. The van der Waals surface area contributed by atoms with Crippen molar-refractivity contribution >= 4 is 28.0 Å². The number of esters is 1. The summed E-state index contributed by atoms with van der Waals surface area (Å²) in [6.07, 6.45) is 4.60. The molecule has 0 unspecified atom stereocenters. The van der Waals surface area contributed by atoms with Crippen LogP contribution in [0.1, 0.15) is 38.2 Å². The minimum Gasteiger partial charge on any atom is -0.455 e. The number of hydrogen-bond donors (Lipinski definition) is 1. The Morgan fingerprint density at radius 3 is 2.45 bits per heavy atom. The first-order valence-electron chi connectivity index (χ1n) is 10.0. The van der Waals surface area contributed by atoms with Gasteiger partial charge < -0.3 is 10.1 Å². The maximum atomic E-state index is 12.5. The third kappa shape index (κ3) is 6.40. The number of sulfonamides is 1. The van der Waals surface area contributed by atoms with Gasteiger partial charge in [0.15, 0.2) is 6.61 Å². The molecule has 7 nitrogen and oxygen atoms in total. The van der Waals surface area contributed by atoms with E-state index in [4.69, 9.17) is 4.74 Å². The van der Waals surface area contributed by atoms with Gasteiger partial charge in [0.2, 0.25) is 10.0 Å². The van der Waals surface area contributed by atoms with Crippen molar-refractivity contribution in [2.24, 2.45) is 11.8 Å². The maximum Gasteiger partial charge on any atom is 0.309 e. The number of carbonyl (C=O) groups is 2. The van der Waals surface area contributed by atoms with Crippen molar-refractivity contribution in [2.75, 3.05) is 19.7 Å². The number of amides is 1. The Morgan fingerprint density at radius 2 is 1.83 bits per heavy atom. The number of nitrogens with zero attached hydrogens (tertiary/aromatic N) is 1. The van der Waals surface area contributed by atoms with Gasteiger partial charge in [0.05, 0.1) is 5.92 Å². The van der Waals surface area contributed by atoms with Crippen LogP contribution in [0.2, 0.25) is 0 Å². The van der Waals surface area contributed by atoms with Gasteiger partial charge in [-0.05, 0) is 50.2 Å². The molecular formula is C21H28N2O5S. The van der Waals surface area contributed by atoms with Gasteiger partial charge in [-0.15, -0.1) is 0 Å². The summed E-state index contributed by atoms with van der Waals surface area (Å²) in [5.41, 5.74) is 0.809. The third-order valence-corrected chi connectivity index (χ3v) is 7.01. The Bertz CT molecular complexity index is 841. The number of rotatable bonds is 8. The second-order valence-corrected chi connectivity index (χ2v) is 9.55. The first-order chi connectivity index (χ1) is 13.8. The topological polar surface area (TPSA) is 92.8 Å². The molecule has 158 valence electrons. The van der Waals surface area contributed by atoms with Crippen LogP contribution in [0, 0.1) is 11.8 Å². The van der Waals surface area contributed by atoms with Crippen molar-refractivity contribution in [3.63, 3.8) is 0 Å². The van der Waals surface area contributed by atoms with E-state index in [0.717, 1.165) is 18.4 Å². The normalized spacial score (nSPS) is 19.8. The van der Waals surface area contributed by atoms with E-state index in [9.17, 15) is 18.0 Å². The molecule has 1 aliphatic heterocycles. The monoisotopic (exact) mass is 420 g/mol. The lowest BCUT2D eigenvalue weighted by atomic mass is 9.98. The van der Waals surface area contributed by atoms with Crippen LogP contribution in [0.15, 0.2) is 35.7 Å². The highest BCUT2D eigenvalue weighted by Crippen LogP contribution is 2.32. The molecule has 1 saturated carbocycles. The van der Waals surface area contributed by atoms with Crippen molar-refractivity contribution < 1.29 is 22.7 Å². The van der Waals surface area contributed by atoms with Crippen molar-refractivity contribution in [3.8, 4) is 0 Å². The van der Waals surface area contributed by atoms with Gasteiger partial charge in [0.1, 0.15) is 0 Å². The van der Waals surface area contributed by atoms with Gasteiger partial charge in [-0.25, -0.2) is 8.42 Å². The molecular weight excluding hydrogens is 392 g/mol. The zero-order valence-corrected chi connectivity index (χ0v) is 17.4. The molecule has 0 spiro atoms. The molecule has 0 bridgehead atoms. The van der Waals surface area contributed by atoms with E-state index in [1.807, 2.05) is 37.3 Å². The number of piperidine rings is 1. The van der Waals surface area contributed by atoms with E-state index in [1.165, 1.54) is 9.71 Å². The smallest absolute Gasteiger partial charge is 0.309 e. The second kappa shape index (κ2) is 9.54. The van der Waals surface area contributed by atoms with Crippen molar-refractivity contribution in [1.82, 2.24) is 9.62 Å². The van der Waals surface area contributed by atoms with Crippen LogP contribution in [0.4, 0.5) is 0 Å². The summed E-state index contributed by atoms with van der Waals surface area (Å²) in [6.45, 7) is 2.19. The first-order valence-corrected chi connectivity index (χ1v) is 11.5. The maximum absolute atomic E-state index is 12.5. The molecule has 0 aromatic heterocycles. The summed E-state index contributed by atoms with van der Waals surface area (Å²) in [6, 6.07) is 9.32. The highest BCUT2D eigenvalue weighted by atomic mass is 32.2. The van der Waals surface area contributed by atoms with Crippen LogP contribution in [0.25, 0.3) is 6.08 Å². The van der Waals surface area contributed by atoms with Crippen LogP contribution in [-0.4, -0.2) is 50.3 Å². The van der Waals surface area contributed by atoms with Crippen molar-refractivity contribution in [2.45, 2.75) is 38.6 Å². The van der Waals surface area contributed by atoms with E-state index in [2.05, 4.69) is 5.32 Å². The fourth-order valence-corrected chi connectivity index (χ4v) is 4.65. The van der Waals surface area contributed by atoms with Crippen molar-refractivity contribution in [1.29, 1.82) is 0 Å². The Balaban J connectivity index is 1.42. The molecule has 0 radical (unpaired) electrons. The van der Waals surface area contributed by atoms with Crippen LogP contribution in [-0.2, 0) is 24.3 Å². The molecule has 2 fully saturated rings. The quantitative estimate of drug-likeness (QED) is 0.651. The largest absolute Gasteiger partial charge is 0.455 e. The summed E-state index contributed by atoms with van der Waals surface area (Å²) >= 11 is 0. The lowest BCUT2D eigenvalue weighted by molar-refractivity contribution is -0.153. The number of carbonyl (C=O) groups excluding carboxylic acids is 2. The van der Waals surface area contributed by atoms with E-state index >= 15 is 0 Å². The Morgan fingerprint density at radius 1 is 1.17 bits per heavy atom. The van der Waals surface area contributed by atoms with E-state index in [-0.39, 0.29) is 37.6 Å². The SMILES string of the molecule is C[C@@H](NC(=O)COC(=O)C1CCN(S(=O)(=O)/C=C/c2ccccc2)CC1)C1CC1. The molecule has 29 heavy (non-hydrogen) atoms. The number of hydrogen-bond acceptors (Lipinski definition) is 5. The van der Waals surface area contributed by atoms with Crippen LogP contribution in [0.5, 0.6) is 0 Å². The summed E-state index contributed by atoms with van der Waals surface area (Å²) in [7, 11) is -3.54. The van der Waals surface area contributed by atoms with Crippen LogP contribution >= 0.6 is 0 Å². The Labute approximate surface area is 172 Å². The number of nitrogens with one attached hydrogen (secondary N) is 1. The molecule has 3 rings (SSSR count). The predicted octanol–water partition coefficient (Wildman–Crippen LogP) is 2.16. The Hall–Kier alpha value is -2.19. The summed E-state index contributed by atoms with van der Waals surface area (Å²) in [5, 5.41) is 4.04. The third-order valence-electron chi connectivity index (χ3n) is 5.44. The minimum atomic E-state index is -3.54. The highest BCUT2D eigenvalue weighted by Gasteiger charge is 2.32. The van der Waals surface area contributed by atoms with Crippen LogP contribution < -0.4 is 5.32 Å². The predicted molar refractivity (Wildman–Crippen MR) is 110 cm³/mol. The van der Waals surface area contributed by atoms with Gasteiger partial charge in [0.25, 0.3) is 5.91 Å². The van der Waals surface area contributed by atoms with E-state index < -0.39 is 16.0 Å². The Kier molecular flexibility index (Phi) is 7.08. The van der Waals surface area contributed by atoms with Gasteiger partial charge in [-0.1, -0.05) is 30.3 Å². The lowest BCUT2D eigenvalue weighted by Gasteiger charge is -2.29. The fourth-order valence-electron chi connectivity index (χ4n) is 3.42. The average Bonchev–Trinajstić information content (AvgIpc) is 3.57. The molecule has 1 atom stereocenters. The van der Waals surface area contributed by atoms with E-state index in [0.29, 0.717) is 18.8 Å². The van der Waals surface area contributed by atoms with Crippen molar-refractivity contribution in [3.05, 3.63) is 41.3 Å². The van der Waals surface area contributed by atoms with Gasteiger partial charge in [0, 0.05) is 24.5 Å². The fraction of sp³-hybridized carbons (Fsp3) is 0.524. The molecule has 1 saturated heterocycles. The van der Waals surface area contributed by atoms with E-state index in [1.54, 1.807) is 6.08 Å². The summed E-state index contributed by atoms with van der Waals surface area (Å²) < 4.78 is 31.5. The molecule has 1 amide bonds. The van der Waals surface area contributed by atoms with Crippen LogP contribution in [0.3, 0.4) is 0 Å². The number of ether oxygens (including phenoxy) is 1. The van der Waals surface area contributed by atoms with Gasteiger partial charge >= 0.3 is 5.97 Å².